The molecule has 10 nitrogen and oxygen atoms in total. The molecule has 0 bridgehead atoms. The number of anilines is 1. The summed E-state index contributed by atoms with van der Waals surface area (Å²) in [4.78, 5) is 52.6. The molecule has 2 N–H and O–H groups in total. The van der Waals surface area contributed by atoms with Crippen molar-refractivity contribution >= 4 is 29.7 Å². The molecule has 4 atom stereocenters. The molecule has 3 rings (SSSR count). The predicted octanol–water partition coefficient (Wildman–Crippen LogP) is 0.631. The minimum absolute atomic E-state index is 0.211. The lowest BCUT2D eigenvalue weighted by Gasteiger charge is -2.33. The van der Waals surface area contributed by atoms with E-state index in [9.17, 15) is 24.3 Å². The summed E-state index contributed by atoms with van der Waals surface area (Å²) in [5.74, 6) is -1.57. The second-order valence-corrected chi connectivity index (χ2v) is 9.02. The highest BCUT2D eigenvalue weighted by Crippen LogP contribution is 2.34. The molecule has 0 saturated heterocycles. The number of ether oxygens (including phenoxy) is 1. The van der Waals surface area contributed by atoms with E-state index < -0.39 is 53.6 Å². The first kappa shape index (κ1) is 22.5. The van der Waals surface area contributed by atoms with Crippen LogP contribution in [0.2, 0.25) is 0 Å². The van der Waals surface area contributed by atoms with Gasteiger partial charge in [-0.2, -0.15) is 4.90 Å². The summed E-state index contributed by atoms with van der Waals surface area (Å²) >= 11 is 0. The van der Waals surface area contributed by atoms with Gasteiger partial charge in [-0.05, 0) is 46.8 Å². The monoisotopic (exact) mass is 433 g/mol. The smallest absolute Gasteiger partial charge is 0.410 e. The van der Waals surface area contributed by atoms with Gasteiger partial charge >= 0.3 is 18.0 Å². The second-order valence-electron chi connectivity index (χ2n) is 9.02. The number of aliphatic carboxylic acids is 1. The van der Waals surface area contributed by atoms with Crippen LogP contribution in [0.1, 0.15) is 46.2 Å². The van der Waals surface area contributed by atoms with Crippen LogP contribution >= 0.6 is 0 Å². The van der Waals surface area contributed by atoms with Crippen LogP contribution in [0, 0.1) is 0 Å². The number of nitrogens with one attached hydrogen (secondary N) is 1. The first-order valence-corrected chi connectivity index (χ1v) is 10.2. The van der Waals surface area contributed by atoms with E-state index in [-0.39, 0.29) is 6.42 Å². The van der Waals surface area contributed by atoms with Gasteiger partial charge in [-0.25, -0.2) is 19.0 Å². The number of rotatable bonds is 4. The topological polar surface area (TPSA) is 120 Å². The van der Waals surface area contributed by atoms with E-state index in [1.54, 1.807) is 46.0 Å². The fourth-order valence-electron chi connectivity index (χ4n) is 3.87. The Morgan fingerprint density at radius 3 is 2.58 bits per heavy atom. The fraction of sp³-hybridized carbons (Fsp3) is 0.571. The van der Waals surface area contributed by atoms with Gasteiger partial charge in [0.05, 0.1) is 6.20 Å². The highest BCUT2D eigenvalue weighted by Gasteiger charge is 2.55. The quantitative estimate of drug-likeness (QED) is 0.672. The minimum Gasteiger partial charge on any atom is -0.478 e. The number of aromatic nitrogens is 1. The number of amides is 3. The Hall–Kier alpha value is -3.17. The van der Waals surface area contributed by atoms with Crippen molar-refractivity contribution in [3.8, 4) is 0 Å². The number of hydrogen-bond donors (Lipinski definition) is 2. The van der Waals surface area contributed by atoms with Gasteiger partial charge < -0.3 is 15.2 Å². The zero-order chi connectivity index (χ0) is 23.2. The molecule has 3 amide bonds. The number of carboxylic acids is 1. The predicted molar refractivity (Wildman–Crippen MR) is 109 cm³/mol. The summed E-state index contributed by atoms with van der Waals surface area (Å²) in [6.45, 7) is 8.50. The molecule has 168 valence electrons. The number of likely N-dealkylation sites (N-methyl/N-ethyl adjacent to an activating group) is 1. The Labute approximate surface area is 180 Å². The fourth-order valence-corrected chi connectivity index (χ4v) is 3.87. The third kappa shape index (κ3) is 4.06. The van der Waals surface area contributed by atoms with E-state index >= 15 is 0 Å². The first-order valence-electron chi connectivity index (χ1n) is 10.2. The number of carboxylic acid groups (broad SMARTS) is 1. The highest BCUT2D eigenvalue weighted by atomic mass is 16.6. The zero-order valence-electron chi connectivity index (χ0n) is 18.6. The summed E-state index contributed by atoms with van der Waals surface area (Å²) in [5, 5.41) is 12.3. The van der Waals surface area contributed by atoms with Crippen LogP contribution in [0.15, 0.2) is 18.3 Å². The lowest BCUT2D eigenvalue weighted by atomic mass is 10.0. The molecule has 1 aromatic rings. The van der Waals surface area contributed by atoms with Crippen LogP contribution in [-0.4, -0.2) is 64.7 Å². The third-order valence-corrected chi connectivity index (χ3v) is 5.68. The lowest BCUT2D eigenvalue weighted by Crippen LogP contribution is -2.67. The Kier molecular flexibility index (Phi) is 5.68. The van der Waals surface area contributed by atoms with Crippen molar-refractivity contribution in [2.24, 2.45) is 0 Å². The van der Waals surface area contributed by atoms with Gasteiger partial charge in [-0.3, -0.25) is 9.69 Å². The van der Waals surface area contributed by atoms with Gasteiger partial charge in [0.1, 0.15) is 17.7 Å². The van der Waals surface area contributed by atoms with Crippen molar-refractivity contribution < 1.29 is 33.6 Å². The normalized spacial score (nSPS) is 23.1. The lowest BCUT2D eigenvalue weighted by molar-refractivity contribution is -0.710. The number of pyridine rings is 1. The molecule has 0 saturated carbocycles. The van der Waals surface area contributed by atoms with Gasteiger partial charge in [0, 0.05) is 19.0 Å². The van der Waals surface area contributed by atoms with Crippen LogP contribution in [0.4, 0.5) is 10.6 Å². The molecule has 1 aromatic heterocycles. The third-order valence-electron chi connectivity index (χ3n) is 5.68. The molecule has 0 spiro atoms. The van der Waals surface area contributed by atoms with Gasteiger partial charge in [0.15, 0.2) is 6.04 Å². The number of carbonyl (C=O) groups excluding carboxylic acids is 3. The Morgan fingerprint density at radius 1 is 1.35 bits per heavy atom. The molecule has 3 heterocycles. The molecule has 2 aliphatic rings. The van der Waals surface area contributed by atoms with E-state index in [1.807, 2.05) is 4.57 Å². The van der Waals surface area contributed by atoms with Crippen LogP contribution in [0.3, 0.4) is 0 Å². The standard InChI is InChI=1S/C21H28N4O6/c1-11-15(22-16(26)12(2)23(6)20(30)31-21(3,4)5)18(27)25-14(19(28)29)10-13-8-7-9-24(11)17(13)25/h7-9,11-12,14-15H,10H2,1-6H3,(H-,22,26,28,29)/p+1/t11?,12-,14?,15-/m0/s1. The molecular formula is C21H29N4O6+. The number of hydrogen-bond acceptors (Lipinski definition) is 5. The van der Waals surface area contributed by atoms with Gasteiger partial charge in [-0.15, -0.1) is 0 Å². The molecule has 0 aromatic carbocycles. The van der Waals surface area contributed by atoms with Crippen LogP contribution in [0.5, 0.6) is 0 Å². The molecule has 2 aliphatic heterocycles. The summed E-state index contributed by atoms with van der Waals surface area (Å²) in [6.07, 6.45) is 1.32. The molecule has 2 unspecified atom stereocenters. The molecule has 0 aliphatic carbocycles. The van der Waals surface area contributed by atoms with E-state index in [2.05, 4.69) is 5.32 Å². The maximum Gasteiger partial charge on any atom is 0.410 e. The average Bonchev–Trinajstić information content (AvgIpc) is 3.07. The number of nitrogens with zero attached hydrogens (tertiary/aromatic N) is 3. The van der Waals surface area contributed by atoms with E-state index in [1.165, 1.54) is 18.9 Å². The van der Waals surface area contributed by atoms with Crippen molar-refractivity contribution in [2.45, 2.75) is 70.8 Å². The van der Waals surface area contributed by atoms with Crippen molar-refractivity contribution in [1.29, 1.82) is 0 Å². The molecular weight excluding hydrogens is 404 g/mol. The average molecular weight is 433 g/mol. The number of carbonyl (C=O) groups is 4. The maximum atomic E-state index is 13.3. The van der Waals surface area contributed by atoms with Gasteiger partial charge in [-0.1, -0.05) is 0 Å². The molecule has 31 heavy (non-hydrogen) atoms. The second kappa shape index (κ2) is 7.82. The van der Waals surface area contributed by atoms with Gasteiger partial charge in [0.25, 0.3) is 5.82 Å². The Balaban J connectivity index is 1.82. The van der Waals surface area contributed by atoms with E-state index in [0.717, 1.165) is 10.5 Å². The zero-order valence-corrected chi connectivity index (χ0v) is 18.6. The van der Waals surface area contributed by atoms with E-state index in [0.29, 0.717) is 5.82 Å². The van der Waals surface area contributed by atoms with Crippen molar-refractivity contribution in [3.05, 3.63) is 23.9 Å². The molecule has 0 fully saturated rings. The Bertz CT molecular complexity index is 940. The summed E-state index contributed by atoms with van der Waals surface area (Å²) in [5.41, 5.74) is 0.0626. The molecule has 10 heteroatoms. The largest absolute Gasteiger partial charge is 0.478 e. The first-order chi connectivity index (χ1) is 14.3. The van der Waals surface area contributed by atoms with Crippen molar-refractivity contribution in [3.63, 3.8) is 0 Å². The van der Waals surface area contributed by atoms with Crippen LogP contribution < -0.4 is 14.8 Å². The Morgan fingerprint density at radius 2 is 2.00 bits per heavy atom. The van der Waals surface area contributed by atoms with Crippen LogP contribution in [0.25, 0.3) is 0 Å². The van der Waals surface area contributed by atoms with Crippen molar-refractivity contribution in [2.75, 3.05) is 11.9 Å². The SMILES string of the molecule is CC1[C@H](NC(=O)[C@H](C)N(C)C(=O)OC(C)(C)C)C(=O)N2c3c(ccc[n+]31)CC2C(=O)O. The minimum atomic E-state index is -1.10. The highest BCUT2D eigenvalue weighted by molar-refractivity contribution is 6.05. The van der Waals surface area contributed by atoms with Crippen molar-refractivity contribution in [1.82, 2.24) is 10.2 Å². The molecule has 0 radical (unpaired) electrons. The van der Waals surface area contributed by atoms with Crippen LogP contribution in [-0.2, 0) is 25.5 Å². The summed E-state index contributed by atoms with van der Waals surface area (Å²) in [7, 11) is 1.45. The summed E-state index contributed by atoms with van der Waals surface area (Å²) < 4.78 is 7.11. The maximum absolute atomic E-state index is 13.3. The summed E-state index contributed by atoms with van der Waals surface area (Å²) in [6, 6.07) is 0.263. The van der Waals surface area contributed by atoms with Gasteiger partial charge in [0.2, 0.25) is 11.9 Å². The van der Waals surface area contributed by atoms with E-state index in [4.69, 9.17) is 4.74 Å².